The lowest BCUT2D eigenvalue weighted by atomic mass is 9.98. The minimum atomic E-state index is -0.157. The first kappa shape index (κ1) is 20.3. The fourth-order valence-corrected chi connectivity index (χ4v) is 4.30. The van der Waals surface area contributed by atoms with Gasteiger partial charge in [-0.2, -0.15) is 0 Å². The van der Waals surface area contributed by atoms with Crippen molar-refractivity contribution in [2.24, 2.45) is 0 Å². The van der Waals surface area contributed by atoms with Gasteiger partial charge in [0, 0.05) is 41.4 Å². The third kappa shape index (κ3) is 3.99. The number of benzene rings is 3. The molecule has 1 amide bonds. The van der Waals surface area contributed by atoms with E-state index in [0.717, 1.165) is 33.3 Å². The molecular weight excluding hydrogens is 400 g/mol. The van der Waals surface area contributed by atoms with Gasteiger partial charge in [-0.1, -0.05) is 36.4 Å². The van der Waals surface area contributed by atoms with Gasteiger partial charge >= 0.3 is 0 Å². The van der Waals surface area contributed by atoms with Crippen LogP contribution in [0.15, 0.2) is 79.0 Å². The zero-order chi connectivity index (χ0) is 21.9. The molecule has 0 bridgehead atoms. The summed E-state index contributed by atoms with van der Waals surface area (Å²) in [7, 11) is 0. The lowest BCUT2D eigenvalue weighted by Gasteiger charge is -2.22. The molecule has 0 saturated carbocycles. The number of ether oxygens (including phenoxy) is 2. The summed E-state index contributed by atoms with van der Waals surface area (Å²) in [6, 6.07) is 24.1. The second kappa shape index (κ2) is 8.89. The smallest absolute Gasteiger partial charge is 0.254 e. The highest BCUT2D eigenvalue weighted by atomic mass is 16.5. The maximum Gasteiger partial charge on any atom is 0.254 e. The van der Waals surface area contributed by atoms with Crippen LogP contribution in [0.5, 0.6) is 5.75 Å². The van der Waals surface area contributed by atoms with Gasteiger partial charge in [0.2, 0.25) is 0 Å². The highest BCUT2D eigenvalue weighted by molar-refractivity contribution is 5.98. The van der Waals surface area contributed by atoms with Crippen LogP contribution in [0.3, 0.4) is 0 Å². The van der Waals surface area contributed by atoms with Gasteiger partial charge in [0.15, 0.2) is 0 Å². The number of H-pyrrole nitrogens is 1. The van der Waals surface area contributed by atoms with E-state index in [4.69, 9.17) is 9.47 Å². The Labute approximate surface area is 187 Å². The van der Waals surface area contributed by atoms with Crippen molar-refractivity contribution in [1.82, 2.24) is 9.88 Å². The van der Waals surface area contributed by atoms with Crippen LogP contribution in [-0.4, -0.2) is 35.5 Å². The number of fused-ring (bicyclic) bond motifs is 2. The predicted octanol–water partition coefficient (Wildman–Crippen LogP) is 5.33. The molecule has 1 N–H and O–H groups in total. The molecule has 1 unspecified atom stereocenters. The van der Waals surface area contributed by atoms with Crippen LogP contribution in [0.4, 0.5) is 0 Å². The van der Waals surface area contributed by atoms with Crippen molar-refractivity contribution < 1.29 is 14.3 Å². The highest BCUT2D eigenvalue weighted by Gasteiger charge is 2.23. The van der Waals surface area contributed by atoms with Crippen LogP contribution >= 0.6 is 0 Å². The topological polar surface area (TPSA) is 54.6 Å². The summed E-state index contributed by atoms with van der Waals surface area (Å²) in [4.78, 5) is 18.3. The Kier molecular flexibility index (Phi) is 5.65. The van der Waals surface area contributed by atoms with E-state index in [-0.39, 0.29) is 12.0 Å². The summed E-state index contributed by atoms with van der Waals surface area (Å²) in [6.45, 7) is 4.13. The van der Waals surface area contributed by atoms with Gasteiger partial charge in [-0.3, -0.25) is 4.79 Å². The van der Waals surface area contributed by atoms with Gasteiger partial charge in [0.05, 0.1) is 6.54 Å². The monoisotopic (exact) mass is 426 g/mol. The maximum atomic E-state index is 13.3. The molecule has 0 aliphatic carbocycles. The summed E-state index contributed by atoms with van der Waals surface area (Å²) < 4.78 is 12.1. The van der Waals surface area contributed by atoms with E-state index in [2.05, 4.69) is 29.2 Å². The maximum absolute atomic E-state index is 13.3. The zero-order valence-corrected chi connectivity index (χ0v) is 18.1. The number of nitrogens with one attached hydrogen (secondary N) is 1. The fraction of sp³-hybridized carbons (Fsp3) is 0.222. The van der Waals surface area contributed by atoms with E-state index in [1.54, 1.807) is 0 Å². The number of hydrogen-bond acceptors (Lipinski definition) is 3. The molecule has 0 spiro atoms. The number of aromatic amines is 1. The first-order chi connectivity index (χ1) is 15.7. The average Bonchev–Trinajstić information content (AvgIpc) is 3.20. The van der Waals surface area contributed by atoms with Crippen LogP contribution in [0.25, 0.3) is 10.9 Å². The number of carbonyl (C=O) groups is 1. The van der Waals surface area contributed by atoms with E-state index in [1.807, 2.05) is 66.6 Å². The molecule has 1 aliphatic rings. The number of carbonyl (C=O) groups excluding carboxylic acids is 1. The van der Waals surface area contributed by atoms with Gasteiger partial charge < -0.3 is 19.4 Å². The van der Waals surface area contributed by atoms with Crippen LogP contribution < -0.4 is 4.74 Å². The van der Waals surface area contributed by atoms with E-state index in [9.17, 15) is 4.79 Å². The van der Waals surface area contributed by atoms with Crippen molar-refractivity contribution >= 4 is 16.8 Å². The molecule has 5 heteroatoms. The molecule has 32 heavy (non-hydrogen) atoms. The number of aromatic nitrogens is 1. The van der Waals surface area contributed by atoms with Crippen LogP contribution in [-0.2, 0) is 11.3 Å². The highest BCUT2D eigenvalue weighted by Crippen LogP contribution is 2.32. The molecule has 0 fully saturated rings. The third-order valence-corrected chi connectivity index (χ3v) is 5.89. The Hall–Kier alpha value is -3.57. The standard InChI is InChI=1S/C27H26N2O3/c1-2-31-26(19-6-4-3-5-7-19)21-9-11-25-23(17-21)18-29(14-15-32-25)27(30)22-8-10-24-20(16-22)12-13-28-24/h3-13,16-17,26,28H,2,14-15,18H2,1H3. The van der Waals surface area contributed by atoms with Crippen LogP contribution in [0, 0.1) is 0 Å². The van der Waals surface area contributed by atoms with Gasteiger partial charge in [-0.05, 0) is 54.4 Å². The largest absolute Gasteiger partial charge is 0.491 e. The van der Waals surface area contributed by atoms with Crippen molar-refractivity contribution in [2.75, 3.05) is 19.8 Å². The number of hydrogen-bond donors (Lipinski definition) is 1. The Bertz CT molecular complexity index is 1230. The normalized spacial score (nSPS) is 14.5. The molecular formula is C27H26N2O3. The van der Waals surface area contributed by atoms with E-state index in [0.29, 0.717) is 31.9 Å². The van der Waals surface area contributed by atoms with E-state index in [1.165, 1.54) is 0 Å². The summed E-state index contributed by atoms with van der Waals surface area (Å²) in [5.74, 6) is 0.841. The van der Waals surface area contributed by atoms with E-state index >= 15 is 0 Å². The lowest BCUT2D eigenvalue weighted by Crippen LogP contribution is -2.32. The van der Waals surface area contributed by atoms with Gasteiger partial charge in [0.1, 0.15) is 18.5 Å². The minimum absolute atomic E-state index is 0.0133. The Morgan fingerprint density at radius 2 is 1.94 bits per heavy atom. The second-order valence-electron chi connectivity index (χ2n) is 7.97. The van der Waals surface area contributed by atoms with Gasteiger partial charge in [-0.25, -0.2) is 0 Å². The summed E-state index contributed by atoms with van der Waals surface area (Å²) in [5, 5.41) is 1.03. The lowest BCUT2D eigenvalue weighted by molar-refractivity contribution is 0.0733. The quantitative estimate of drug-likeness (QED) is 0.469. The molecule has 0 saturated heterocycles. The van der Waals surface area contributed by atoms with Crippen molar-refractivity contribution in [2.45, 2.75) is 19.6 Å². The van der Waals surface area contributed by atoms with Crippen molar-refractivity contribution in [3.63, 3.8) is 0 Å². The average molecular weight is 427 g/mol. The van der Waals surface area contributed by atoms with Gasteiger partial charge in [0.25, 0.3) is 5.91 Å². The SMILES string of the molecule is CCOC(c1ccccc1)c1ccc2c(c1)CN(C(=O)c1ccc3[nH]ccc3c1)CCO2. The predicted molar refractivity (Wildman–Crippen MR) is 125 cm³/mol. The summed E-state index contributed by atoms with van der Waals surface area (Å²) >= 11 is 0. The van der Waals surface area contributed by atoms with Crippen molar-refractivity contribution in [1.29, 1.82) is 0 Å². The molecule has 1 aliphatic heterocycles. The third-order valence-electron chi connectivity index (χ3n) is 5.89. The van der Waals surface area contributed by atoms with Crippen LogP contribution in [0.2, 0.25) is 0 Å². The second-order valence-corrected chi connectivity index (χ2v) is 7.97. The Morgan fingerprint density at radius 3 is 2.78 bits per heavy atom. The first-order valence-electron chi connectivity index (χ1n) is 11.0. The summed E-state index contributed by atoms with van der Waals surface area (Å²) in [5.41, 5.74) is 4.88. The molecule has 4 aromatic rings. The molecule has 2 heterocycles. The Morgan fingerprint density at radius 1 is 1.06 bits per heavy atom. The molecule has 1 aromatic heterocycles. The minimum Gasteiger partial charge on any atom is -0.491 e. The van der Waals surface area contributed by atoms with Crippen molar-refractivity contribution in [3.05, 3.63) is 101 Å². The first-order valence-corrected chi connectivity index (χ1v) is 11.0. The Balaban J connectivity index is 1.44. The van der Waals surface area contributed by atoms with Crippen molar-refractivity contribution in [3.8, 4) is 5.75 Å². The van der Waals surface area contributed by atoms with E-state index < -0.39 is 0 Å². The summed E-state index contributed by atoms with van der Waals surface area (Å²) in [6.07, 6.45) is 1.73. The van der Waals surface area contributed by atoms with Gasteiger partial charge in [-0.15, -0.1) is 0 Å². The molecule has 0 radical (unpaired) electrons. The zero-order valence-electron chi connectivity index (χ0n) is 18.1. The molecule has 1 atom stereocenters. The molecule has 3 aromatic carbocycles. The molecule has 162 valence electrons. The number of amides is 1. The number of nitrogens with zero attached hydrogens (tertiary/aromatic N) is 1. The molecule has 5 rings (SSSR count). The number of rotatable bonds is 5. The molecule has 5 nitrogen and oxygen atoms in total. The van der Waals surface area contributed by atoms with Crippen LogP contribution in [0.1, 0.15) is 40.1 Å². The fourth-order valence-electron chi connectivity index (χ4n) is 4.30.